The van der Waals surface area contributed by atoms with Crippen LogP contribution < -0.4 is 5.32 Å². The van der Waals surface area contributed by atoms with Gasteiger partial charge in [-0.3, -0.25) is 4.79 Å². The predicted molar refractivity (Wildman–Crippen MR) is 80.8 cm³/mol. The second-order valence-electron chi connectivity index (χ2n) is 4.94. The highest BCUT2D eigenvalue weighted by molar-refractivity contribution is 7.89. The summed E-state index contributed by atoms with van der Waals surface area (Å²) in [5, 5.41) is 5.07. The zero-order valence-corrected chi connectivity index (χ0v) is 13.2. The van der Waals surface area contributed by atoms with Crippen LogP contribution >= 0.6 is 11.3 Å². The minimum atomic E-state index is -3.62. The van der Waals surface area contributed by atoms with E-state index in [-0.39, 0.29) is 23.4 Å². The smallest absolute Gasteiger partial charge is 0.260 e. The summed E-state index contributed by atoms with van der Waals surface area (Å²) in [7, 11) is -3.62. The number of aromatic amines is 1. The Kier molecular flexibility index (Phi) is 4.23. The summed E-state index contributed by atoms with van der Waals surface area (Å²) in [6, 6.07) is 0. The predicted octanol–water partition coefficient (Wildman–Crippen LogP) is 0.906. The zero-order chi connectivity index (χ0) is 15.6. The van der Waals surface area contributed by atoms with Crippen molar-refractivity contribution in [1.82, 2.24) is 19.3 Å². The lowest BCUT2D eigenvalue weighted by atomic mass is 9.99. The van der Waals surface area contributed by atoms with Gasteiger partial charge in [-0.1, -0.05) is 0 Å². The Morgan fingerprint density at radius 2 is 2.36 bits per heavy atom. The normalized spacial score (nSPS) is 19.9. The maximum Gasteiger partial charge on any atom is 0.260 e. The van der Waals surface area contributed by atoms with E-state index in [1.54, 1.807) is 11.6 Å². The van der Waals surface area contributed by atoms with Crippen molar-refractivity contribution in [3.8, 4) is 0 Å². The summed E-state index contributed by atoms with van der Waals surface area (Å²) in [5.74, 6) is -0.574. The van der Waals surface area contributed by atoms with Gasteiger partial charge in [0.1, 0.15) is 0 Å². The monoisotopic (exact) mass is 341 g/mol. The second-order valence-corrected chi connectivity index (χ2v) is 7.75. The first-order valence-corrected chi connectivity index (χ1v) is 9.08. The highest BCUT2D eigenvalue weighted by Gasteiger charge is 2.34. The number of hydrogen-bond donors (Lipinski definition) is 2. The van der Waals surface area contributed by atoms with Crippen molar-refractivity contribution in [2.45, 2.75) is 17.9 Å². The van der Waals surface area contributed by atoms with Crippen molar-refractivity contribution in [3.05, 3.63) is 24.1 Å². The van der Waals surface area contributed by atoms with E-state index in [1.165, 1.54) is 28.2 Å². The van der Waals surface area contributed by atoms with Crippen LogP contribution in [0.4, 0.5) is 5.13 Å². The molecule has 1 saturated heterocycles. The highest BCUT2D eigenvalue weighted by atomic mass is 32.2. The van der Waals surface area contributed by atoms with Crippen LogP contribution in [0, 0.1) is 5.92 Å². The van der Waals surface area contributed by atoms with Crippen LogP contribution in [-0.4, -0.2) is 46.7 Å². The standard InChI is InChI=1S/C12H15N5O3S2/c18-11(16-12-14-3-5-21-12)9-2-1-4-17(7-9)22(19,20)10-6-13-8-15-10/h3,5-6,8-9H,1-2,4,7H2,(H,13,15)(H,14,16,18). The van der Waals surface area contributed by atoms with Crippen LogP contribution in [0.3, 0.4) is 0 Å². The molecule has 0 radical (unpaired) electrons. The van der Waals surface area contributed by atoms with E-state index in [4.69, 9.17) is 0 Å². The molecule has 118 valence electrons. The number of H-pyrrole nitrogens is 1. The van der Waals surface area contributed by atoms with E-state index in [2.05, 4.69) is 20.3 Å². The number of thiazole rings is 1. The summed E-state index contributed by atoms with van der Waals surface area (Å²) in [6.07, 6.45) is 5.50. The fourth-order valence-electron chi connectivity index (χ4n) is 2.39. The SMILES string of the molecule is O=C(Nc1nccs1)C1CCCN(S(=O)(=O)c2cnc[nH]2)C1. The van der Waals surface area contributed by atoms with Gasteiger partial charge in [0.2, 0.25) is 5.91 Å². The van der Waals surface area contributed by atoms with Crippen LogP contribution in [0.5, 0.6) is 0 Å². The van der Waals surface area contributed by atoms with Crippen LogP contribution in [-0.2, 0) is 14.8 Å². The minimum absolute atomic E-state index is 0.0495. The van der Waals surface area contributed by atoms with Gasteiger partial charge in [-0.2, -0.15) is 4.31 Å². The molecule has 3 rings (SSSR count). The lowest BCUT2D eigenvalue weighted by molar-refractivity contribution is -0.120. The lowest BCUT2D eigenvalue weighted by Gasteiger charge is -2.30. The number of aromatic nitrogens is 3. The molecule has 1 fully saturated rings. The average molecular weight is 341 g/mol. The van der Waals surface area contributed by atoms with Crippen molar-refractivity contribution >= 4 is 32.4 Å². The molecular weight excluding hydrogens is 326 g/mol. The molecule has 3 heterocycles. The van der Waals surface area contributed by atoms with Crippen molar-refractivity contribution in [2.75, 3.05) is 18.4 Å². The molecule has 1 atom stereocenters. The zero-order valence-electron chi connectivity index (χ0n) is 11.6. The van der Waals surface area contributed by atoms with Crippen LogP contribution in [0.2, 0.25) is 0 Å². The van der Waals surface area contributed by atoms with Crippen molar-refractivity contribution < 1.29 is 13.2 Å². The molecule has 1 unspecified atom stereocenters. The number of amides is 1. The van der Waals surface area contributed by atoms with E-state index in [0.29, 0.717) is 24.5 Å². The van der Waals surface area contributed by atoms with Gasteiger partial charge in [-0.05, 0) is 12.8 Å². The van der Waals surface area contributed by atoms with Crippen LogP contribution in [0.1, 0.15) is 12.8 Å². The molecule has 1 aliphatic heterocycles. The average Bonchev–Trinajstić information content (AvgIpc) is 3.21. The van der Waals surface area contributed by atoms with Gasteiger partial charge in [-0.15, -0.1) is 11.3 Å². The molecule has 2 aromatic rings. The van der Waals surface area contributed by atoms with E-state index >= 15 is 0 Å². The summed E-state index contributed by atoms with van der Waals surface area (Å²) in [6.45, 7) is 0.570. The van der Waals surface area contributed by atoms with Crippen molar-refractivity contribution in [3.63, 3.8) is 0 Å². The molecule has 0 bridgehead atoms. The Bertz CT molecular complexity index is 727. The molecule has 8 nitrogen and oxygen atoms in total. The lowest BCUT2D eigenvalue weighted by Crippen LogP contribution is -2.43. The van der Waals surface area contributed by atoms with E-state index in [1.807, 2.05) is 0 Å². The Hall–Kier alpha value is -1.78. The molecular formula is C12H15N5O3S2. The number of carbonyl (C=O) groups is 1. The van der Waals surface area contributed by atoms with Crippen molar-refractivity contribution in [1.29, 1.82) is 0 Å². The number of nitrogens with zero attached hydrogens (tertiary/aromatic N) is 3. The van der Waals surface area contributed by atoms with Crippen LogP contribution in [0.25, 0.3) is 0 Å². The third kappa shape index (κ3) is 3.03. The fourth-order valence-corrected chi connectivity index (χ4v) is 4.34. The maximum atomic E-state index is 12.4. The largest absolute Gasteiger partial charge is 0.335 e. The maximum absolute atomic E-state index is 12.4. The third-order valence-corrected chi connectivity index (χ3v) is 5.99. The number of sulfonamides is 1. The molecule has 0 spiro atoms. The molecule has 0 aliphatic carbocycles. The van der Waals surface area contributed by atoms with Crippen molar-refractivity contribution in [2.24, 2.45) is 5.92 Å². The Morgan fingerprint density at radius 3 is 3.05 bits per heavy atom. The summed E-state index contributed by atoms with van der Waals surface area (Å²) in [5.41, 5.74) is 0. The van der Waals surface area contributed by atoms with Crippen LogP contribution in [0.15, 0.2) is 29.1 Å². The molecule has 0 aromatic carbocycles. The first-order valence-electron chi connectivity index (χ1n) is 6.76. The summed E-state index contributed by atoms with van der Waals surface area (Å²) >= 11 is 1.33. The molecule has 2 aromatic heterocycles. The summed E-state index contributed by atoms with van der Waals surface area (Å²) < 4.78 is 26.2. The van der Waals surface area contributed by atoms with Gasteiger partial charge in [0.15, 0.2) is 10.2 Å². The number of carbonyl (C=O) groups excluding carboxylic acids is 1. The van der Waals surface area contributed by atoms with Gasteiger partial charge in [0, 0.05) is 24.7 Å². The quantitative estimate of drug-likeness (QED) is 0.859. The minimum Gasteiger partial charge on any atom is -0.335 e. The van der Waals surface area contributed by atoms with Gasteiger partial charge >= 0.3 is 0 Å². The number of piperidine rings is 1. The highest BCUT2D eigenvalue weighted by Crippen LogP contribution is 2.24. The van der Waals surface area contributed by atoms with Gasteiger partial charge in [-0.25, -0.2) is 18.4 Å². The first-order chi connectivity index (χ1) is 10.6. The first kappa shape index (κ1) is 15.1. The molecule has 1 amide bonds. The summed E-state index contributed by atoms with van der Waals surface area (Å²) in [4.78, 5) is 22.6. The third-order valence-electron chi connectivity index (χ3n) is 3.51. The van der Waals surface area contributed by atoms with E-state index in [9.17, 15) is 13.2 Å². The Labute approximate surface area is 131 Å². The molecule has 10 heteroatoms. The number of imidazole rings is 1. The van der Waals surface area contributed by atoms with E-state index in [0.717, 1.165) is 0 Å². The molecule has 0 saturated carbocycles. The van der Waals surface area contributed by atoms with Gasteiger partial charge in [0.25, 0.3) is 10.0 Å². The Morgan fingerprint density at radius 1 is 1.50 bits per heavy atom. The second kappa shape index (κ2) is 6.15. The molecule has 22 heavy (non-hydrogen) atoms. The fraction of sp³-hybridized carbons (Fsp3) is 0.417. The number of nitrogens with one attached hydrogen (secondary N) is 2. The number of hydrogen-bond acceptors (Lipinski definition) is 6. The van der Waals surface area contributed by atoms with E-state index < -0.39 is 10.0 Å². The molecule has 2 N–H and O–H groups in total. The Balaban J connectivity index is 1.70. The van der Waals surface area contributed by atoms with Gasteiger partial charge < -0.3 is 10.3 Å². The number of rotatable bonds is 4. The number of anilines is 1. The molecule has 1 aliphatic rings. The topological polar surface area (TPSA) is 108 Å². The van der Waals surface area contributed by atoms with Gasteiger partial charge in [0.05, 0.1) is 18.4 Å².